The Bertz CT molecular complexity index is 536. The second kappa shape index (κ2) is 2.96. The Balaban J connectivity index is 2.31. The maximum atomic E-state index is 2.28. The van der Waals surface area contributed by atoms with Crippen molar-refractivity contribution in [3.63, 3.8) is 0 Å². The van der Waals surface area contributed by atoms with Crippen molar-refractivity contribution in [2.75, 3.05) is 0 Å². The fourth-order valence-corrected chi connectivity index (χ4v) is 2.38. The first kappa shape index (κ1) is 8.72. The second-order valence-corrected chi connectivity index (χ2v) is 4.27. The first-order valence-corrected chi connectivity index (χ1v) is 5.31. The minimum absolute atomic E-state index is 1.33. The van der Waals surface area contributed by atoms with E-state index in [4.69, 9.17) is 0 Å². The third-order valence-corrected chi connectivity index (χ3v) is 3.09. The molecule has 0 saturated heterocycles. The molecule has 2 aromatic carbocycles. The molecule has 15 heavy (non-hydrogen) atoms. The zero-order valence-electron chi connectivity index (χ0n) is 9.04. The number of fused-ring (bicyclic) bond motifs is 3. The quantitative estimate of drug-likeness (QED) is 0.508. The molecule has 0 fully saturated rings. The number of aryl methyl sites for hydroxylation is 2. The predicted octanol–water partition coefficient (Wildman–Crippen LogP) is 3.88. The highest BCUT2D eigenvalue weighted by Crippen LogP contribution is 2.39. The summed E-state index contributed by atoms with van der Waals surface area (Å²) in [4.78, 5) is 0. The predicted molar refractivity (Wildman–Crippen MR) is 63.9 cm³/mol. The van der Waals surface area contributed by atoms with E-state index in [0.717, 1.165) is 0 Å². The minimum atomic E-state index is 1.33. The summed E-state index contributed by atoms with van der Waals surface area (Å²) in [6.45, 7) is 4.32. The molecule has 1 aliphatic rings. The van der Waals surface area contributed by atoms with Gasteiger partial charge in [0.1, 0.15) is 0 Å². The van der Waals surface area contributed by atoms with Crippen LogP contribution in [0.15, 0.2) is 36.4 Å². The molecule has 0 unspecified atom stereocenters. The van der Waals surface area contributed by atoms with Crippen LogP contribution in [0.4, 0.5) is 0 Å². The van der Waals surface area contributed by atoms with Crippen LogP contribution in [-0.4, -0.2) is 0 Å². The van der Waals surface area contributed by atoms with Crippen LogP contribution in [0.5, 0.6) is 0 Å². The first-order valence-electron chi connectivity index (χ1n) is 5.31. The summed E-state index contributed by atoms with van der Waals surface area (Å²) in [5.74, 6) is 0. The summed E-state index contributed by atoms with van der Waals surface area (Å²) >= 11 is 0. The summed E-state index contributed by atoms with van der Waals surface area (Å²) in [6, 6.07) is 13.2. The summed E-state index contributed by atoms with van der Waals surface area (Å²) < 4.78 is 0. The number of hydrogen-bond acceptors (Lipinski definition) is 0. The van der Waals surface area contributed by atoms with E-state index in [1.807, 2.05) is 0 Å². The molecular weight excluding hydrogens is 180 g/mol. The van der Waals surface area contributed by atoms with Gasteiger partial charge in [-0.05, 0) is 41.7 Å². The molecule has 2 aromatic rings. The highest BCUT2D eigenvalue weighted by molar-refractivity contribution is 5.83. The van der Waals surface area contributed by atoms with Gasteiger partial charge in [0.25, 0.3) is 0 Å². The van der Waals surface area contributed by atoms with Gasteiger partial charge in [-0.15, -0.1) is 0 Å². The van der Waals surface area contributed by atoms with Crippen LogP contribution in [0.25, 0.3) is 11.1 Å². The van der Waals surface area contributed by atoms with Crippen molar-refractivity contribution in [2.45, 2.75) is 13.8 Å². The molecular formula is C15H13. The van der Waals surface area contributed by atoms with Crippen LogP contribution in [0.2, 0.25) is 0 Å². The van der Waals surface area contributed by atoms with E-state index in [0.29, 0.717) is 0 Å². The van der Waals surface area contributed by atoms with E-state index in [9.17, 15) is 0 Å². The minimum Gasteiger partial charge on any atom is -0.0617 e. The molecule has 0 bridgehead atoms. The van der Waals surface area contributed by atoms with E-state index in [-0.39, 0.29) is 0 Å². The van der Waals surface area contributed by atoms with Crippen molar-refractivity contribution in [1.29, 1.82) is 0 Å². The van der Waals surface area contributed by atoms with E-state index in [1.54, 1.807) is 0 Å². The van der Waals surface area contributed by atoms with Crippen LogP contribution in [0, 0.1) is 20.3 Å². The van der Waals surface area contributed by atoms with Crippen LogP contribution < -0.4 is 0 Å². The number of rotatable bonds is 0. The first-order chi connectivity index (χ1) is 7.25. The molecule has 1 aliphatic carbocycles. The van der Waals surface area contributed by atoms with Gasteiger partial charge in [0.15, 0.2) is 0 Å². The van der Waals surface area contributed by atoms with Gasteiger partial charge in [-0.2, -0.15) is 0 Å². The van der Waals surface area contributed by atoms with E-state index >= 15 is 0 Å². The maximum Gasteiger partial charge on any atom is 0.0212 e. The van der Waals surface area contributed by atoms with Gasteiger partial charge in [0.2, 0.25) is 0 Å². The van der Waals surface area contributed by atoms with Gasteiger partial charge >= 0.3 is 0 Å². The van der Waals surface area contributed by atoms with Crippen molar-refractivity contribution >= 4 is 0 Å². The third-order valence-electron chi connectivity index (χ3n) is 3.09. The number of hydrogen-bond donors (Lipinski definition) is 0. The zero-order chi connectivity index (χ0) is 10.4. The third kappa shape index (κ3) is 1.21. The van der Waals surface area contributed by atoms with Crippen LogP contribution in [0.3, 0.4) is 0 Å². The van der Waals surface area contributed by atoms with Crippen molar-refractivity contribution in [1.82, 2.24) is 0 Å². The van der Waals surface area contributed by atoms with E-state index in [2.05, 4.69) is 56.7 Å². The van der Waals surface area contributed by atoms with Gasteiger partial charge in [0.05, 0.1) is 0 Å². The van der Waals surface area contributed by atoms with E-state index < -0.39 is 0 Å². The average Bonchev–Trinajstić information content (AvgIpc) is 2.56. The van der Waals surface area contributed by atoms with Gasteiger partial charge in [-0.3, -0.25) is 0 Å². The molecule has 0 atom stereocenters. The Morgan fingerprint density at radius 2 is 1.73 bits per heavy atom. The molecule has 0 heterocycles. The molecule has 0 heteroatoms. The lowest BCUT2D eigenvalue weighted by Gasteiger charge is -2.04. The van der Waals surface area contributed by atoms with Crippen molar-refractivity contribution < 1.29 is 0 Å². The van der Waals surface area contributed by atoms with Crippen LogP contribution in [-0.2, 0) is 0 Å². The summed E-state index contributed by atoms with van der Waals surface area (Å²) in [5.41, 5.74) is 8.21. The Labute approximate surface area is 90.6 Å². The largest absolute Gasteiger partial charge is 0.0617 e. The highest BCUT2D eigenvalue weighted by Gasteiger charge is 2.19. The topological polar surface area (TPSA) is 0 Å². The molecule has 0 aromatic heterocycles. The van der Waals surface area contributed by atoms with Gasteiger partial charge < -0.3 is 0 Å². The summed E-state index contributed by atoms with van der Waals surface area (Å²) in [5, 5.41) is 0. The van der Waals surface area contributed by atoms with Gasteiger partial charge in [0, 0.05) is 6.42 Å². The molecule has 3 rings (SSSR count). The molecule has 0 nitrogen and oxygen atoms in total. The lowest BCUT2D eigenvalue weighted by Crippen LogP contribution is -1.82. The molecule has 0 spiro atoms. The fraction of sp³-hybridized carbons (Fsp3) is 0.133. The Hall–Kier alpha value is -1.56. The second-order valence-electron chi connectivity index (χ2n) is 4.27. The zero-order valence-corrected chi connectivity index (χ0v) is 9.04. The number of benzene rings is 2. The van der Waals surface area contributed by atoms with E-state index in [1.165, 1.54) is 33.4 Å². The Morgan fingerprint density at radius 1 is 0.867 bits per heavy atom. The van der Waals surface area contributed by atoms with Crippen LogP contribution in [0.1, 0.15) is 22.3 Å². The standard InChI is InChI=1S/C15H13/c1-10-6-7-14-13(8-10)9-12-5-3-4-11(2)15(12)14/h3-9H,1-2H3. The Morgan fingerprint density at radius 3 is 2.60 bits per heavy atom. The van der Waals surface area contributed by atoms with Crippen molar-refractivity contribution in [3.05, 3.63) is 65.1 Å². The highest BCUT2D eigenvalue weighted by atomic mass is 14.2. The molecule has 0 saturated carbocycles. The molecule has 0 N–H and O–H groups in total. The van der Waals surface area contributed by atoms with Crippen molar-refractivity contribution in [2.24, 2.45) is 0 Å². The van der Waals surface area contributed by atoms with Gasteiger partial charge in [-0.1, -0.05) is 42.0 Å². The normalized spacial score (nSPS) is 12.4. The Kier molecular flexibility index (Phi) is 1.72. The molecule has 1 radical (unpaired) electrons. The van der Waals surface area contributed by atoms with Crippen LogP contribution >= 0.6 is 0 Å². The smallest absolute Gasteiger partial charge is 0.0212 e. The van der Waals surface area contributed by atoms with Gasteiger partial charge in [-0.25, -0.2) is 0 Å². The summed E-state index contributed by atoms with van der Waals surface area (Å²) in [6.07, 6.45) is 2.28. The average molecular weight is 193 g/mol. The lowest BCUT2D eigenvalue weighted by atomic mass is 10.00. The maximum absolute atomic E-state index is 2.28. The summed E-state index contributed by atoms with van der Waals surface area (Å²) in [7, 11) is 0. The molecule has 73 valence electrons. The molecule has 0 amide bonds. The van der Waals surface area contributed by atoms with Crippen molar-refractivity contribution in [3.8, 4) is 11.1 Å². The molecule has 0 aliphatic heterocycles. The SMILES string of the molecule is Cc1ccc2c(c1)[CH]c1cccc(C)c1-2. The fourth-order valence-electron chi connectivity index (χ4n) is 2.38. The lowest BCUT2D eigenvalue weighted by molar-refractivity contribution is 1.43. The monoisotopic (exact) mass is 193 g/mol.